The summed E-state index contributed by atoms with van der Waals surface area (Å²) in [6, 6.07) is 7.77. The highest BCUT2D eigenvalue weighted by Gasteiger charge is 2.26. The van der Waals surface area contributed by atoms with Crippen LogP contribution in [0.5, 0.6) is 5.75 Å². The maximum atomic E-state index is 13.4. The lowest BCUT2D eigenvalue weighted by Gasteiger charge is -2.35. The molecule has 6 nitrogen and oxygen atoms in total. The van der Waals surface area contributed by atoms with Gasteiger partial charge >= 0.3 is 0 Å². The minimum atomic E-state index is -0.507. The molecule has 0 bridgehead atoms. The fraction of sp³-hybridized carbons (Fsp3) is 0.294. The van der Waals surface area contributed by atoms with E-state index < -0.39 is 5.91 Å². The van der Waals surface area contributed by atoms with E-state index in [4.69, 9.17) is 10.5 Å². The van der Waals surface area contributed by atoms with Gasteiger partial charge in [0.15, 0.2) is 0 Å². The molecular formula is C17H19FN4O2. The maximum Gasteiger partial charge on any atom is 0.252 e. The van der Waals surface area contributed by atoms with E-state index in [-0.39, 0.29) is 11.9 Å². The smallest absolute Gasteiger partial charge is 0.252 e. The molecule has 126 valence electrons. The number of primary amides is 1. The predicted octanol–water partition coefficient (Wildman–Crippen LogP) is 1.48. The summed E-state index contributed by atoms with van der Waals surface area (Å²) in [5.74, 6) is 0.208. The maximum absolute atomic E-state index is 13.4. The molecule has 2 aromatic rings. The second-order valence-corrected chi connectivity index (χ2v) is 5.58. The van der Waals surface area contributed by atoms with E-state index in [1.807, 2.05) is 4.90 Å². The van der Waals surface area contributed by atoms with Crippen molar-refractivity contribution in [1.29, 1.82) is 0 Å². The molecule has 1 saturated heterocycles. The van der Waals surface area contributed by atoms with Gasteiger partial charge in [-0.15, -0.1) is 0 Å². The number of amides is 1. The van der Waals surface area contributed by atoms with Gasteiger partial charge in [-0.2, -0.15) is 0 Å². The number of pyridine rings is 1. The number of nitrogens with one attached hydrogen (secondary N) is 1. The number of anilines is 1. The van der Waals surface area contributed by atoms with E-state index in [0.717, 1.165) is 5.56 Å². The largest absolute Gasteiger partial charge is 0.496 e. The first-order chi connectivity index (χ1) is 11.6. The summed E-state index contributed by atoms with van der Waals surface area (Å²) in [4.78, 5) is 18.0. The Morgan fingerprint density at radius 2 is 2.29 bits per heavy atom. The van der Waals surface area contributed by atoms with Crippen LogP contribution in [0.4, 0.5) is 10.2 Å². The van der Waals surface area contributed by atoms with Crippen molar-refractivity contribution in [2.24, 2.45) is 5.73 Å². The molecule has 1 unspecified atom stereocenters. The zero-order valence-corrected chi connectivity index (χ0v) is 13.3. The van der Waals surface area contributed by atoms with E-state index >= 15 is 0 Å². The summed E-state index contributed by atoms with van der Waals surface area (Å²) in [7, 11) is 1.52. The standard InChI is InChI=1S/C17H19FN4O2/c1-24-15-9-11(18)4-5-12(15)14-10-22(8-7-20-14)17-13(16(19)23)3-2-6-21-17/h2-6,9,14,20H,7-8,10H2,1H3,(H2,19,23). The molecular weight excluding hydrogens is 311 g/mol. The number of aromatic nitrogens is 1. The Balaban J connectivity index is 1.89. The minimum Gasteiger partial charge on any atom is -0.496 e. The number of carbonyl (C=O) groups is 1. The Labute approximate surface area is 139 Å². The van der Waals surface area contributed by atoms with Crippen molar-refractivity contribution >= 4 is 11.7 Å². The highest BCUT2D eigenvalue weighted by molar-refractivity contribution is 5.97. The quantitative estimate of drug-likeness (QED) is 0.887. The van der Waals surface area contributed by atoms with Gasteiger partial charge in [0.05, 0.1) is 18.7 Å². The molecule has 1 atom stereocenters. The lowest BCUT2D eigenvalue weighted by Crippen LogP contribution is -2.46. The molecule has 7 heteroatoms. The van der Waals surface area contributed by atoms with Gasteiger partial charge in [-0.05, 0) is 18.2 Å². The Kier molecular flexibility index (Phi) is 4.61. The van der Waals surface area contributed by atoms with Gasteiger partial charge in [-0.3, -0.25) is 4.79 Å². The molecule has 1 amide bonds. The molecule has 1 aromatic carbocycles. The number of halogens is 1. The van der Waals surface area contributed by atoms with Crippen molar-refractivity contribution in [3.63, 3.8) is 0 Å². The highest BCUT2D eigenvalue weighted by Crippen LogP contribution is 2.29. The number of hydrogen-bond donors (Lipinski definition) is 2. The van der Waals surface area contributed by atoms with E-state index in [1.54, 1.807) is 24.4 Å². The molecule has 3 N–H and O–H groups in total. The van der Waals surface area contributed by atoms with Crippen molar-refractivity contribution in [3.05, 3.63) is 53.5 Å². The summed E-state index contributed by atoms with van der Waals surface area (Å²) < 4.78 is 18.7. The van der Waals surface area contributed by atoms with Gasteiger partial charge in [-0.25, -0.2) is 9.37 Å². The van der Waals surface area contributed by atoms with Gasteiger partial charge in [-0.1, -0.05) is 6.07 Å². The van der Waals surface area contributed by atoms with E-state index in [1.165, 1.54) is 19.2 Å². The van der Waals surface area contributed by atoms with Crippen molar-refractivity contribution < 1.29 is 13.9 Å². The summed E-state index contributed by atoms with van der Waals surface area (Å²) in [6.45, 7) is 1.95. The third kappa shape index (κ3) is 3.16. The fourth-order valence-electron chi connectivity index (χ4n) is 2.96. The number of piperazine rings is 1. The van der Waals surface area contributed by atoms with Crippen molar-refractivity contribution in [2.75, 3.05) is 31.6 Å². The van der Waals surface area contributed by atoms with Crippen LogP contribution in [0.2, 0.25) is 0 Å². The van der Waals surface area contributed by atoms with Gasteiger partial charge in [0.25, 0.3) is 5.91 Å². The number of nitrogens with zero attached hydrogens (tertiary/aromatic N) is 2. The van der Waals surface area contributed by atoms with Crippen LogP contribution in [0.3, 0.4) is 0 Å². The highest BCUT2D eigenvalue weighted by atomic mass is 19.1. The number of hydrogen-bond acceptors (Lipinski definition) is 5. The van der Waals surface area contributed by atoms with Crippen LogP contribution in [0.1, 0.15) is 22.0 Å². The number of rotatable bonds is 4. The zero-order valence-electron chi connectivity index (χ0n) is 13.3. The molecule has 1 aliphatic rings. The Morgan fingerprint density at radius 3 is 3.04 bits per heavy atom. The average Bonchev–Trinajstić information content (AvgIpc) is 2.61. The predicted molar refractivity (Wildman–Crippen MR) is 88.7 cm³/mol. The van der Waals surface area contributed by atoms with Gasteiger partial charge in [0.1, 0.15) is 17.4 Å². The van der Waals surface area contributed by atoms with Crippen LogP contribution in [0.15, 0.2) is 36.5 Å². The third-order valence-corrected chi connectivity index (χ3v) is 4.10. The summed E-state index contributed by atoms with van der Waals surface area (Å²) >= 11 is 0. The Hall–Kier alpha value is -2.67. The van der Waals surface area contributed by atoms with Crippen molar-refractivity contribution in [1.82, 2.24) is 10.3 Å². The molecule has 1 aliphatic heterocycles. The number of nitrogens with two attached hydrogens (primary N) is 1. The Bertz CT molecular complexity index is 753. The molecule has 0 spiro atoms. The van der Waals surface area contributed by atoms with E-state index in [2.05, 4.69) is 10.3 Å². The topological polar surface area (TPSA) is 80.5 Å². The number of carbonyl (C=O) groups excluding carboxylic acids is 1. The lowest BCUT2D eigenvalue weighted by molar-refractivity contribution is 0.100. The molecule has 2 heterocycles. The molecule has 0 radical (unpaired) electrons. The molecule has 0 saturated carbocycles. The molecule has 3 rings (SSSR count). The zero-order chi connectivity index (χ0) is 17.1. The first-order valence-electron chi connectivity index (χ1n) is 7.66. The minimum absolute atomic E-state index is 0.0722. The lowest BCUT2D eigenvalue weighted by atomic mass is 10.0. The Morgan fingerprint density at radius 1 is 1.46 bits per heavy atom. The van der Waals surface area contributed by atoms with Crippen LogP contribution < -0.4 is 20.7 Å². The number of benzene rings is 1. The van der Waals surface area contributed by atoms with Crippen LogP contribution in [-0.4, -0.2) is 37.6 Å². The second-order valence-electron chi connectivity index (χ2n) is 5.58. The van der Waals surface area contributed by atoms with Gasteiger partial charge < -0.3 is 20.7 Å². The van der Waals surface area contributed by atoms with Gasteiger partial charge in [0, 0.05) is 37.5 Å². The SMILES string of the molecule is COc1cc(F)ccc1C1CN(c2ncccc2C(N)=O)CCN1. The number of ether oxygens (including phenoxy) is 1. The molecule has 1 aromatic heterocycles. The van der Waals surface area contributed by atoms with Crippen molar-refractivity contribution in [2.45, 2.75) is 6.04 Å². The number of methoxy groups -OCH3 is 1. The summed E-state index contributed by atoms with van der Waals surface area (Å²) in [6.07, 6.45) is 1.64. The van der Waals surface area contributed by atoms with E-state index in [9.17, 15) is 9.18 Å². The summed E-state index contributed by atoms with van der Waals surface area (Å²) in [5.41, 5.74) is 6.70. The van der Waals surface area contributed by atoms with Gasteiger partial charge in [0.2, 0.25) is 0 Å². The van der Waals surface area contributed by atoms with Crippen LogP contribution >= 0.6 is 0 Å². The molecule has 1 fully saturated rings. The molecule has 0 aliphatic carbocycles. The molecule has 24 heavy (non-hydrogen) atoms. The first-order valence-corrected chi connectivity index (χ1v) is 7.66. The average molecular weight is 330 g/mol. The van der Waals surface area contributed by atoms with Crippen LogP contribution in [0.25, 0.3) is 0 Å². The van der Waals surface area contributed by atoms with Crippen molar-refractivity contribution in [3.8, 4) is 5.75 Å². The summed E-state index contributed by atoms with van der Waals surface area (Å²) in [5, 5.41) is 3.39. The normalized spacial score (nSPS) is 17.6. The van der Waals surface area contributed by atoms with Crippen LogP contribution in [0, 0.1) is 5.82 Å². The monoisotopic (exact) mass is 330 g/mol. The first kappa shape index (κ1) is 16.2. The third-order valence-electron chi connectivity index (χ3n) is 4.10. The second kappa shape index (κ2) is 6.84. The van der Waals surface area contributed by atoms with E-state index in [0.29, 0.717) is 36.8 Å². The van der Waals surface area contributed by atoms with Crippen LogP contribution in [-0.2, 0) is 0 Å². The fourth-order valence-corrected chi connectivity index (χ4v) is 2.96.